The lowest BCUT2D eigenvalue weighted by Gasteiger charge is -2.14. The molecule has 0 unspecified atom stereocenters. The zero-order valence-electron chi connectivity index (χ0n) is 11.4. The van der Waals surface area contributed by atoms with Gasteiger partial charge in [0.05, 0.1) is 0 Å². The third kappa shape index (κ3) is 5.91. The number of carboxylic acid groups (broad SMARTS) is 1. The topological polar surface area (TPSA) is 128 Å². The number of nitrogens with one attached hydrogen (secondary N) is 3. The first-order chi connectivity index (χ1) is 9.92. The number of urea groups is 1. The van der Waals surface area contributed by atoms with Crippen LogP contribution in [0.3, 0.4) is 0 Å². The van der Waals surface area contributed by atoms with Crippen molar-refractivity contribution in [3.63, 3.8) is 0 Å². The molecule has 0 saturated heterocycles. The molecule has 0 heterocycles. The number of carbonyl (C=O) groups is 3. The highest BCUT2D eigenvalue weighted by Crippen LogP contribution is 2.13. The quantitative estimate of drug-likeness (QED) is 0.525. The van der Waals surface area contributed by atoms with E-state index in [9.17, 15) is 14.4 Å². The molecule has 1 atom stereocenters. The maximum atomic E-state index is 11.6. The lowest BCUT2D eigenvalue weighted by atomic mass is 10.2. The van der Waals surface area contributed by atoms with Crippen LogP contribution in [-0.2, 0) is 9.59 Å². The number of hydrogen-bond donors (Lipinski definition) is 5. The Morgan fingerprint density at radius 1 is 1.10 bits per heavy atom. The first-order valence-electron chi connectivity index (χ1n) is 6.21. The molecule has 0 saturated carbocycles. The fraction of sp³-hybridized carbons (Fsp3) is 0.308. The SMILES string of the molecule is CC(=O)Nc1ccc(NC(=O)N[C@@H](CCO)C(=O)O)cc1. The molecule has 0 aromatic heterocycles. The number of carbonyl (C=O) groups excluding carboxylic acids is 2. The number of carboxylic acids is 1. The number of aliphatic hydroxyl groups excluding tert-OH is 1. The molecule has 114 valence electrons. The summed E-state index contributed by atoms with van der Waals surface area (Å²) in [5.41, 5.74) is 1.02. The summed E-state index contributed by atoms with van der Waals surface area (Å²) in [4.78, 5) is 33.3. The van der Waals surface area contributed by atoms with Gasteiger partial charge in [-0.1, -0.05) is 0 Å². The molecule has 21 heavy (non-hydrogen) atoms. The molecule has 0 radical (unpaired) electrons. The van der Waals surface area contributed by atoms with Crippen LogP contribution in [0.15, 0.2) is 24.3 Å². The lowest BCUT2D eigenvalue weighted by molar-refractivity contribution is -0.139. The molecule has 3 amide bonds. The summed E-state index contributed by atoms with van der Waals surface area (Å²) in [6, 6.07) is 4.47. The van der Waals surface area contributed by atoms with Crippen LogP contribution in [0.25, 0.3) is 0 Å². The van der Waals surface area contributed by atoms with E-state index >= 15 is 0 Å². The average Bonchev–Trinajstić information content (AvgIpc) is 2.40. The van der Waals surface area contributed by atoms with Crippen molar-refractivity contribution in [3.05, 3.63) is 24.3 Å². The van der Waals surface area contributed by atoms with Crippen LogP contribution in [0.4, 0.5) is 16.2 Å². The fourth-order valence-electron chi connectivity index (χ4n) is 1.55. The summed E-state index contributed by atoms with van der Waals surface area (Å²) in [7, 11) is 0. The van der Waals surface area contributed by atoms with Crippen LogP contribution < -0.4 is 16.0 Å². The number of aliphatic carboxylic acids is 1. The van der Waals surface area contributed by atoms with Crippen LogP contribution >= 0.6 is 0 Å². The summed E-state index contributed by atoms with van der Waals surface area (Å²) < 4.78 is 0. The molecule has 0 aliphatic rings. The molecule has 0 aliphatic heterocycles. The lowest BCUT2D eigenvalue weighted by Crippen LogP contribution is -2.43. The standard InChI is InChI=1S/C13H17N3O5/c1-8(18)14-9-2-4-10(5-3-9)15-13(21)16-11(6-7-17)12(19)20/h2-5,11,17H,6-7H2,1H3,(H,14,18)(H,19,20)(H2,15,16,21)/t11-/m0/s1. The number of hydrogen-bond acceptors (Lipinski definition) is 4. The third-order valence-electron chi connectivity index (χ3n) is 2.48. The summed E-state index contributed by atoms with van der Waals surface area (Å²) >= 11 is 0. The predicted octanol–water partition coefficient (Wildman–Crippen LogP) is 0.602. The van der Waals surface area contributed by atoms with E-state index in [0.29, 0.717) is 11.4 Å². The van der Waals surface area contributed by atoms with Gasteiger partial charge in [-0.05, 0) is 24.3 Å². The van der Waals surface area contributed by atoms with E-state index < -0.39 is 18.0 Å². The van der Waals surface area contributed by atoms with E-state index in [0.717, 1.165) is 0 Å². The van der Waals surface area contributed by atoms with Crippen LogP contribution in [0, 0.1) is 0 Å². The van der Waals surface area contributed by atoms with Gasteiger partial charge in [0.2, 0.25) is 5.91 Å². The molecule has 0 aliphatic carbocycles. The Bertz CT molecular complexity index is 515. The second-order valence-electron chi connectivity index (χ2n) is 4.26. The van der Waals surface area contributed by atoms with Crippen LogP contribution in [0.1, 0.15) is 13.3 Å². The van der Waals surface area contributed by atoms with Gasteiger partial charge in [-0.3, -0.25) is 4.79 Å². The minimum absolute atomic E-state index is 0.0791. The summed E-state index contributed by atoms with van der Waals surface area (Å²) in [6.45, 7) is 1.04. The van der Waals surface area contributed by atoms with Gasteiger partial charge in [0, 0.05) is 31.3 Å². The number of aliphatic hydroxyl groups is 1. The minimum Gasteiger partial charge on any atom is -0.480 e. The van der Waals surface area contributed by atoms with Gasteiger partial charge in [-0.2, -0.15) is 0 Å². The zero-order valence-corrected chi connectivity index (χ0v) is 11.4. The highest BCUT2D eigenvalue weighted by Gasteiger charge is 2.19. The van der Waals surface area contributed by atoms with Gasteiger partial charge in [-0.15, -0.1) is 0 Å². The van der Waals surface area contributed by atoms with Crippen molar-refractivity contribution in [2.75, 3.05) is 17.2 Å². The number of amides is 3. The van der Waals surface area contributed by atoms with Gasteiger partial charge >= 0.3 is 12.0 Å². The Morgan fingerprint density at radius 3 is 2.05 bits per heavy atom. The zero-order chi connectivity index (χ0) is 15.8. The molecular formula is C13H17N3O5. The number of rotatable bonds is 6. The first kappa shape index (κ1) is 16.4. The largest absolute Gasteiger partial charge is 0.480 e. The Kier molecular flexibility index (Phi) is 6.15. The van der Waals surface area contributed by atoms with Gasteiger partial charge < -0.3 is 26.2 Å². The van der Waals surface area contributed by atoms with E-state index in [1.165, 1.54) is 6.92 Å². The van der Waals surface area contributed by atoms with E-state index in [4.69, 9.17) is 10.2 Å². The molecule has 8 heteroatoms. The third-order valence-corrected chi connectivity index (χ3v) is 2.48. The fourth-order valence-corrected chi connectivity index (χ4v) is 1.55. The van der Waals surface area contributed by atoms with Crippen LogP contribution in [0.2, 0.25) is 0 Å². The molecule has 1 aromatic rings. The van der Waals surface area contributed by atoms with E-state index in [1.54, 1.807) is 24.3 Å². The van der Waals surface area contributed by atoms with Crippen molar-refractivity contribution in [3.8, 4) is 0 Å². The molecule has 1 aromatic carbocycles. The molecule has 1 rings (SSSR count). The van der Waals surface area contributed by atoms with Crippen molar-refractivity contribution in [2.24, 2.45) is 0 Å². The van der Waals surface area contributed by atoms with Crippen LogP contribution in [-0.4, -0.2) is 40.8 Å². The van der Waals surface area contributed by atoms with Crippen molar-refractivity contribution >= 4 is 29.3 Å². The molecule has 0 spiro atoms. The van der Waals surface area contributed by atoms with E-state index in [-0.39, 0.29) is 18.9 Å². The van der Waals surface area contributed by atoms with Gasteiger partial charge in [0.1, 0.15) is 6.04 Å². The van der Waals surface area contributed by atoms with Gasteiger partial charge in [0.25, 0.3) is 0 Å². The van der Waals surface area contributed by atoms with E-state index in [1.807, 2.05) is 0 Å². The predicted molar refractivity (Wildman–Crippen MR) is 76.0 cm³/mol. The number of benzene rings is 1. The maximum Gasteiger partial charge on any atom is 0.326 e. The summed E-state index contributed by atoms with van der Waals surface area (Å²) in [5, 5.41) is 24.8. The second-order valence-corrected chi connectivity index (χ2v) is 4.26. The van der Waals surface area contributed by atoms with Crippen molar-refractivity contribution < 1.29 is 24.6 Å². The first-order valence-corrected chi connectivity index (χ1v) is 6.21. The maximum absolute atomic E-state index is 11.6. The Balaban J connectivity index is 2.57. The summed E-state index contributed by atoms with van der Waals surface area (Å²) in [6.07, 6.45) is -0.0791. The molecule has 0 bridgehead atoms. The molecule has 8 nitrogen and oxygen atoms in total. The van der Waals surface area contributed by atoms with Crippen molar-refractivity contribution in [2.45, 2.75) is 19.4 Å². The minimum atomic E-state index is -1.22. The Hall–Kier alpha value is -2.61. The number of anilines is 2. The second kappa shape index (κ2) is 7.85. The molecule has 0 fully saturated rings. The smallest absolute Gasteiger partial charge is 0.326 e. The molecule has 5 N–H and O–H groups in total. The van der Waals surface area contributed by atoms with Gasteiger partial charge in [-0.25, -0.2) is 9.59 Å². The summed E-state index contributed by atoms with van der Waals surface area (Å²) in [5.74, 6) is -1.43. The van der Waals surface area contributed by atoms with Crippen LogP contribution in [0.5, 0.6) is 0 Å². The normalized spacial score (nSPS) is 11.3. The Morgan fingerprint density at radius 2 is 1.62 bits per heavy atom. The monoisotopic (exact) mass is 295 g/mol. The average molecular weight is 295 g/mol. The van der Waals surface area contributed by atoms with Crippen molar-refractivity contribution in [1.29, 1.82) is 0 Å². The highest BCUT2D eigenvalue weighted by atomic mass is 16.4. The van der Waals surface area contributed by atoms with E-state index in [2.05, 4.69) is 16.0 Å². The Labute approximate surface area is 121 Å². The molecular weight excluding hydrogens is 278 g/mol. The van der Waals surface area contributed by atoms with Crippen molar-refractivity contribution in [1.82, 2.24) is 5.32 Å². The highest BCUT2D eigenvalue weighted by molar-refractivity contribution is 5.93. The van der Waals surface area contributed by atoms with Gasteiger partial charge in [0.15, 0.2) is 0 Å².